The van der Waals surface area contributed by atoms with Crippen molar-refractivity contribution in [3.8, 4) is 0 Å². The molecule has 134 valence electrons. The van der Waals surface area contributed by atoms with Gasteiger partial charge in [0.2, 0.25) is 0 Å². The van der Waals surface area contributed by atoms with E-state index in [2.05, 4.69) is 10.2 Å². The largest absolute Gasteiger partial charge is 0.349 e. The number of rotatable bonds is 5. The number of nitrogens with one attached hydrogen (secondary N) is 1. The van der Waals surface area contributed by atoms with Crippen LogP contribution in [0, 0.1) is 0 Å². The Bertz CT molecular complexity index is 791. The fourth-order valence-electron chi connectivity index (χ4n) is 3.74. The second kappa shape index (κ2) is 7.42. The molecule has 2 aromatic carbocycles. The molecular formula is C22H24N2O2. The van der Waals surface area contributed by atoms with E-state index in [0.717, 1.165) is 32.0 Å². The molecule has 2 fully saturated rings. The van der Waals surface area contributed by atoms with E-state index >= 15 is 0 Å². The van der Waals surface area contributed by atoms with E-state index in [-0.39, 0.29) is 17.7 Å². The van der Waals surface area contributed by atoms with Crippen LogP contribution in [0.2, 0.25) is 0 Å². The SMILES string of the molecule is O=C(NC1CCN(C2CC2)CC1)c1ccccc1C(=O)c1ccccc1. The molecule has 1 aliphatic carbocycles. The summed E-state index contributed by atoms with van der Waals surface area (Å²) in [5.41, 5.74) is 1.53. The first-order valence-electron chi connectivity index (χ1n) is 9.46. The van der Waals surface area contributed by atoms with Crippen LogP contribution in [-0.2, 0) is 0 Å². The van der Waals surface area contributed by atoms with Crippen molar-refractivity contribution in [2.75, 3.05) is 13.1 Å². The van der Waals surface area contributed by atoms with Crippen LogP contribution in [0.4, 0.5) is 0 Å². The third-order valence-electron chi connectivity index (χ3n) is 5.38. The van der Waals surface area contributed by atoms with Crippen molar-refractivity contribution in [3.63, 3.8) is 0 Å². The number of ketones is 1. The lowest BCUT2D eigenvalue weighted by atomic mass is 9.97. The van der Waals surface area contributed by atoms with Crippen LogP contribution in [0.1, 0.15) is 52.0 Å². The zero-order valence-corrected chi connectivity index (χ0v) is 14.9. The summed E-state index contributed by atoms with van der Waals surface area (Å²) >= 11 is 0. The number of amides is 1. The molecule has 26 heavy (non-hydrogen) atoms. The molecule has 0 bridgehead atoms. The van der Waals surface area contributed by atoms with Crippen molar-refractivity contribution >= 4 is 11.7 Å². The van der Waals surface area contributed by atoms with Crippen LogP contribution in [0.15, 0.2) is 54.6 Å². The first kappa shape index (κ1) is 17.0. The van der Waals surface area contributed by atoms with Gasteiger partial charge in [0, 0.05) is 36.3 Å². The van der Waals surface area contributed by atoms with Crippen molar-refractivity contribution in [2.24, 2.45) is 0 Å². The summed E-state index contributed by atoms with van der Waals surface area (Å²) in [4.78, 5) is 28.2. The van der Waals surface area contributed by atoms with Crippen LogP contribution < -0.4 is 5.32 Å². The Hall–Kier alpha value is -2.46. The molecular weight excluding hydrogens is 324 g/mol. The maximum absolute atomic E-state index is 12.8. The Balaban J connectivity index is 1.45. The first-order valence-corrected chi connectivity index (χ1v) is 9.46. The van der Waals surface area contributed by atoms with Crippen molar-refractivity contribution in [1.82, 2.24) is 10.2 Å². The van der Waals surface area contributed by atoms with Gasteiger partial charge in [0.1, 0.15) is 0 Å². The summed E-state index contributed by atoms with van der Waals surface area (Å²) in [7, 11) is 0. The van der Waals surface area contributed by atoms with E-state index in [1.807, 2.05) is 24.3 Å². The number of carbonyl (C=O) groups is 2. The van der Waals surface area contributed by atoms with Crippen LogP contribution in [0.3, 0.4) is 0 Å². The van der Waals surface area contributed by atoms with Crippen molar-refractivity contribution in [2.45, 2.75) is 37.8 Å². The third-order valence-corrected chi connectivity index (χ3v) is 5.38. The molecule has 2 aromatic rings. The molecule has 0 unspecified atom stereocenters. The maximum Gasteiger partial charge on any atom is 0.252 e. The molecule has 1 saturated heterocycles. The minimum atomic E-state index is -0.144. The number of hydrogen-bond donors (Lipinski definition) is 1. The molecule has 1 amide bonds. The molecule has 1 saturated carbocycles. The highest BCUT2D eigenvalue weighted by atomic mass is 16.2. The Kier molecular flexibility index (Phi) is 4.85. The van der Waals surface area contributed by atoms with E-state index in [1.54, 1.807) is 30.3 Å². The second-order valence-electron chi connectivity index (χ2n) is 7.26. The molecule has 1 aliphatic heterocycles. The van der Waals surface area contributed by atoms with Gasteiger partial charge in [0.05, 0.1) is 5.56 Å². The monoisotopic (exact) mass is 348 g/mol. The second-order valence-corrected chi connectivity index (χ2v) is 7.26. The molecule has 1 heterocycles. The third kappa shape index (κ3) is 3.70. The van der Waals surface area contributed by atoms with Crippen molar-refractivity contribution in [1.29, 1.82) is 0 Å². The van der Waals surface area contributed by atoms with Gasteiger partial charge in [0.25, 0.3) is 5.91 Å². The van der Waals surface area contributed by atoms with E-state index < -0.39 is 0 Å². The minimum Gasteiger partial charge on any atom is -0.349 e. The van der Waals surface area contributed by atoms with Gasteiger partial charge in [0.15, 0.2) is 5.78 Å². The predicted octanol–water partition coefficient (Wildman–Crippen LogP) is 3.27. The smallest absolute Gasteiger partial charge is 0.252 e. The molecule has 2 aliphatic rings. The summed E-state index contributed by atoms with van der Waals surface area (Å²) in [6.07, 6.45) is 4.62. The topological polar surface area (TPSA) is 49.4 Å². The van der Waals surface area contributed by atoms with Gasteiger partial charge in [-0.1, -0.05) is 48.5 Å². The normalized spacial score (nSPS) is 18.5. The van der Waals surface area contributed by atoms with Crippen molar-refractivity contribution in [3.05, 3.63) is 71.3 Å². The molecule has 4 rings (SSSR count). The van der Waals surface area contributed by atoms with E-state index in [4.69, 9.17) is 0 Å². The molecule has 4 heteroatoms. The number of hydrogen-bond acceptors (Lipinski definition) is 3. The van der Waals surface area contributed by atoms with Gasteiger partial charge in [-0.3, -0.25) is 9.59 Å². The quantitative estimate of drug-likeness (QED) is 0.844. The van der Waals surface area contributed by atoms with E-state index in [1.165, 1.54) is 12.8 Å². The molecule has 4 nitrogen and oxygen atoms in total. The van der Waals surface area contributed by atoms with Gasteiger partial charge in [-0.2, -0.15) is 0 Å². The Morgan fingerprint density at radius 2 is 1.42 bits per heavy atom. The fourth-order valence-corrected chi connectivity index (χ4v) is 3.74. The number of piperidine rings is 1. The predicted molar refractivity (Wildman–Crippen MR) is 101 cm³/mol. The summed E-state index contributed by atoms with van der Waals surface area (Å²) in [6.45, 7) is 2.11. The molecule has 0 spiro atoms. The number of benzene rings is 2. The zero-order valence-electron chi connectivity index (χ0n) is 14.9. The highest BCUT2D eigenvalue weighted by molar-refractivity contribution is 6.15. The number of carbonyl (C=O) groups excluding carboxylic acids is 2. The van der Waals surface area contributed by atoms with Gasteiger partial charge in [-0.05, 0) is 31.7 Å². The van der Waals surface area contributed by atoms with E-state index in [9.17, 15) is 9.59 Å². The highest BCUT2D eigenvalue weighted by Crippen LogP contribution is 2.29. The lowest BCUT2D eigenvalue weighted by Gasteiger charge is -2.32. The Labute approximate surface area is 154 Å². The van der Waals surface area contributed by atoms with Crippen molar-refractivity contribution < 1.29 is 9.59 Å². The fraction of sp³-hybridized carbons (Fsp3) is 0.364. The van der Waals surface area contributed by atoms with Gasteiger partial charge >= 0.3 is 0 Å². The summed E-state index contributed by atoms with van der Waals surface area (Å²) in [5.74, 6) is -0.255. The minimum absolute atomic E-state index is 0.111. The molecule has 0 radical (unpaired) electrons. The maximum atomic E-state index is 12.8. The van der Waals surface area contributed by atoms with Gasteiger partial charge in [-0.15, -0.1) is 0 Å². The van der Waals surface area contributed by atoms with E-state index in [0.29, 0.717) is 16.7 Å². The van der Waals surface area contributed by atoms with Crippen LogP contribution in [0.25, 0.3) is 0 Å². The highest BCUT2D eigenvalue weighted by Gasteiger charge is 2.32. The van der Waals surface area contributed by atoms with Crippen LogP contribution in [0.5, 0.6) is 0 Å². The summed E-state index contributed by atoms with van der Waals surface area (Å²) in [5, 5.41) is 3.14. The van der Waals surface area contributed by atoms with Crippen LogP contribution in [-0.4, -0.2) is 41.8 Å². The van der Waals surface area contributed by atoms with Crippen LogP contribution >= 0.6 is 0 Å². The summed E-state index contributed by atoms with van der Waals surface area (Å²) < 4.78 is 0. The van der Waals surface area contributed by atoms with Gasteiger partial charge in [-0.25, -0.2) is 0 Å². The Morgan fingerprint density at radius 1 is 0.808 bits per heavy atom. The average Bonchev–Trinajstić information content (AvgIpc) is 3.54. The van der Waals surface area contributed by atoms with Gasteiger partial charge < -0.3 is 10.2 Å². The number of likely N-dealkylation sites (tertiary alicyclic amines) is 1. The standard InChI is InChI=1S/C22H24N2O2/c25-21(16-6-2-1-3-7-16)19-8-4-5-9-20(19)22(26)23-17-12-14-24(15-13-17)18-10-11-18/h1-9,17-18H,10-15H2,(H,23,26). The molecule has 0 atom stereocenters. The first-order chi connectivity index (χ1) is 12.7. The zero-order chi connectivity index (χ0) is 17.9. The Morgan fingerprint density at radius 3 is 2.08 bits per heavy atom. The lowest BCUT2D eigenvalue weighted by molar-refractivity contribution is 0.0901. The average molecular weight is 348 g/mol. The molecule has 0 aromatic heterocycles. The number of nitrogens with zero attached hydrogens (tertiary/aromatic N) is 1. The molecule has 1 N–H and O–H groups in total. The summed E-state index contributed by atoms with van der Waals surface area (Å²) in [6, 6.07) is 17.2. The lowest BCUT2D eigenvalue weighted by Crippen LogP contribution is -2.45.